The SMILES string of the molecule is Nc1ncccc1C(=O)c1cccc(N2CCC(N3CCCC3)CC2)n1.[HH].[HH]. The van der Waals surface area contributed by atoms with E-state index in [0.717, 1.165) is 31.7 Å². The summed E-state index contributed by atoms with van der Waals surface area (Å²) in [4.78, 5) is 26.3. The van der Waals surface area contributed by atoms with Gasteiger partial charge in [0.25, 0.3) is 0 Å². The van der Waals surface area contributed by atoms with Crippen LogP contribution in [0, 0.1) is 0 Å². The Labute approximate surface area is 157 Å². The Bertz CT molecular complexity index is 790. The van der Waals surface area contributed by atoms with Gasteiger partial charge in [-0.1, -0.05) is 6.07 Å². The minimum absolute atomic E-state index is 0. The largest absolute Gasteiger partial charge is 0.383 e. The van der Waals surface area contributed by atoms with Gasteiger partial charge in [0.15, 0.2) is 0 Å². The summed E-state index contributed by atoms with van der Waals surface area (Å²) in [7, 11) is 0. The summed E-state index contributed by atoms with van der Waals surface area (Å²) < 4.78 is 0. The van der Waals surface area contributed by atoms with Gasteiger partial charge in [0.05, 0.1) is 5.56 Å². The average Bonchev–Trinajstić information content (AvgIpc) is 3.23. The number of nitrogen functional groups attached to an aromatic ring is 1. The summed E-state index contributed by atoms with van der Waals surface area (Å²) in [5.41, 5.74) is 6.67. The maximum atomic E-state index is 12.7. The zero-order valence-corrected chi connectivity index (χ0v) is 15.0. The lowest BCUT2D eigenvalue weighted by molar-refractivity contribution is 0.103. The Hall–Kier alpha value is -2.47. The van der Waals surface area contributed by atoms with Crippen LogP contribution in [0.25, 0.3) is 0 Å². The van der Waals surface area contributed by atoms with Crippen LogP contribution in [-0.2, 0) is 0 Å². The molecule has 0 amide bonds. The maximum absolute atomic E-state index is 12.7. The minimum atomic E-state index is -0.176. The number of aromatic nitrogens is 2. The Morgan fingerprint density at radius 2 is 1.85 bits per heavy atom. The van der Waals surface area contributed by atoms with Crippen LogP contribution in [0.15, 0.2) is 36.5 Å². The van der Waals surface area contributed by atoms with Gasteiger partial charge in [-0.2, -0.15) is 0 Å². The van der Waals surface area contributed by atoms with Crippen LogP contribution in [0.1, 0.15) is 44.6 Å². The zero-order valence-electron chi connectivity index (χ0n) is 15.0. The lowest BCUT2D eigenvalue weighted by Crippen LogP contribution is -2.44. The first kappa shape index (κ1) is 17.0. The van der Waals surface area contributed by atoms with Crippen molar-refractivity contribution >= 4 is 17.4 Å². The van der Waals surface area contributed by atoms with E-state index in [4.69, 9.17) is 5.73 Å². The van der Waals surface area contributed by atoms with E-state index in [-0.39, 0.29) is 14.5 Å². The van der Waals surface area contributed by atoms with Gasteiger partial charge in [-0.25, -0.2) is 9.97 Å². The van der Waals surface area contributed by atoms with Gasteiger partial charge in [0.1, 0.15) is 17.3 Å². The average molecular weight is 355 g/mol. The highest BCUT2D eigenvalue weighted by Gasteiger charge is 2.27. The molecular weight excluding hydrogens is 326 g/mol. The van der Waals surface area contributed by atoms with Crippen molar-refractivity contribution < 1.29 is 7.65 Å². The lowest BCUT2D eigenvalue weighted by atomic mass is 10.0. The second-order valence-corrected chi connectivity index (χ2v) is 7.11. The molecular formula is C20H29N5O. The van der Waals surface area contributed by atoms with E-state index in [0.29, 0.717) is 17.3 Å². The summed E-state index contributed by atoms with van der Waals surface area (Å²) in [5, 5.41) is 0. The van der Waals surface area contributed by atoms with E-state index in [1.54, 1.807) is 24.4 Å². The van der Waals surface area contributed by atoms with Gasteiger partial charge in [-0.3, -0.25) is 4.79 Å². The molecule has 2 fully saturated rings. The molecule has 6 heteroatoms. The van der Waals surface area contributed by atoms with Crippen molar-refractivity contribution in [1.82, 2.24) is 14.9 Å². The molecule has 2 aromatic heterocycles. The molecule has 0 atom stereocenters. The highest BCUT2D eigenvalue weighted by atomic mass is 16.1. The number of nitrogens with zero attached hydrogens (tertiary/aromatic N) is 4. The third kappa shape index (κ3) is 3.42. The minimum Gasteiger partial charge on any atom is -0.383 e. The summed E-state index contributed by atoms with van der Waals surface area (Å²) in [5.74, 6) is 0.943. The van der Waals surface area contributed by atoms with Crippen molar-refractivity contribution in [1.29, 1.82) is 0 Å². The molecule has 6 nitrogen and oxygen atoms in total. The van der Waals surface area contributed by atoms with Crippen molar-refractivity contribution in [3.8, 4) is 0 Å². The van der Waals surface area contributed by atoms with E-state index in [2.05, 4.69) is 19.8 Å². The molecule has 2 N–H and O–H groups in total. The van der Waals surface area contributed by atoms with Gasteiger partial charge in [0, 0.05) is 28.2 Å². The number of carbonyl (C=O) groups excluding carboxylic acids is 1. The number of rotatable bonds is 4. The topological polar surface area (TPSA) is 75.3 Å². The summed E-state index contributed by atoms with van der Waals surface area (Å²) in [6.07, 6.45) is 6.58. The molecule has 4 rings (SSSR count). The van der Waals surface area contributed by atoms with Gasteiger partial charge in [0.2, 0.25) is 5.78 Å². The Balaban J connectivity index is 0.00000140. The molecule has 0 spiro atoms. The highest BCUT2D eigenvalue weighted by Crippen LogP contribution is 2.24. The Morgan fingerprint density at radius 3 is 2.58 bits per heavy atom. The predicted octanol–water partition coefficient (Wildman–Crippen LogP) is 2.85. The second kappa shape index (κ2) is 7.41. The number of hydrogen-bond donors (Lipinski definition) is 1. The number of hydrogen-bond acceptors (Lipinski definition) is 6. The monoisotopic (exact) mass is 355 g/mol. The van der Waals surface area contributed by atoms with Crippen molar-refractivity contribution in [2.75, 3.05) is 36.8 Å². The van der Waals surface area contributed by atoms with Crippen molar-refractivity contribution in [3.05, 3.63) is 47.8 Å². The van der Waals surface area contributed by atoms with Crippen molar-refractivity contribution in [2.45, 2.75) is 31.7 Å². The molecule has 140 valence electrons. The number of likely N-dealkylation sites (tertiary alicyclic amines) is 1. The van der Waals surface area contributed by atoms with Gasteiger partial charge in [-0.05, 0) is 63.0 Å². The third-order valence-electron chi connectivity index (χ3n) is 5.50. The van der Waals surface area contributed by atoms with E-state index < -0.39 is 0 Å². The van der Waals surface area contributed by atoms with E-state index >= 15 is 0 Å². The van der Waals surface area contributed by atoms with Gasteiger partial charge >= 0.3 is 0 Å². The molecule has 0 unspecified atom stereocenters. The first-order chi connectivity index (χ1) is 12.7. The Morgan fingerprint density at radius 1 is 1.08 bits per heavy atom. The smallest absolute Gasteiger partial charge is 0.215 e. The first-order valence-corrected chi connectivity index (χ1v) is 9.43. The molecule has 4 heterocycles. The summed E-state index contributed by atoms with van der Waals surface area (Å²) in [6.45, 7) is 4.47. The van der Waals surface area contributed by atoms with Crippen LogP contribution >= 0.6 is 0 Å². The predicted molar refractivity (Wildman–Crippen MR) is 107 cm³/mol. The fourth-order valence-corrected chi connectivity index (χ4v) is 4.04. The molecule has 0 aromatic carbocycles. The van der Waals surface area contributed by atoms with Crippen LogP contribution in [0.2, 0.25) is 0 Å². The molecule has 0 bridgehead atoms. The number of piperidine rings is 1. The molecule has 26 heavy (non-hydrogen) atoms. The molecule has 0 radical (unpaired) electrons. The molecule has 2 aliphatic heterocycles. The van der Waals surface area contributed by atoms with Gasteiger partial charge < -0.3 is 15.5 Å². The normalized spacial score (nSPS) is 19.0. The fraction of sp³-hybridized carbons (Fsp3) is 0.450. The molecule has 2 aliphatic rings. The second-order valence-electron chi connectivity index (χ2n) is 7.11. The van der Waals surface area contributed by atoms with Crippen LogP contribution in [0.3, 0.4) is 0 Å². The Kier molecular flexibility index (Phi) is 4.84. The quantitative estimate of drug-likeness (QED) is 0.850. The third-order valence-corrected chi connectivity index (χ3v) is 5.50. The van der Waals surface area contributed by atoms with E-state index in [9.17, 15) is 4.79 Å². The zero-order chi connectivity index (χ0) is 17.9. The molecule has 0 aliphatic carbocycles. The molecule has 2 saturated heterocycles. The first-order valence-electron chi connectivity index (χ1n) is 9.43. The van der Waals surface area contributed by atoms with Gasteiger partial charge in [-0.15, -0.1) is 0 Å². The summed E-state index contributed by atoms with van der Waals surface area (Å²) in [6, 6.07) is 9.74. The lowest BCUT2D eigenvalue weighted by Gasteiger charge is -2.37. The van der Waals surface area contributed by atoms with E-state index in [1.165, 1.54) is 25.9 Å². The van der Waals surface area contributed by atoms with Crippen LogP contribution in [-0.4, -0.2) is 52.9 Å². The van der Waals surface area contributed by atoms with Crippen LogP contribution in [0.4, 0.5) is 11.6 Å². The van der Waals surface area contributed by atoms with E-state index in [1.807, 2.05) is 12.1 Å². The number of carbonyl (C=O) groups is 1. The molecule has 2 aromatic rings. The number of anilines is 2. The van der Waals surface area contributed by atoms with Crippen LogP contribution in [0.5, 0.6) is 0 Å². The molecule has 0 saturated carbocycles. The standard InChI is InChI=1S/C20H25N5O.2H2/c21-20-16(5-4-10-22-20)19(26)17-6-3-7-18(23-17)25-13-8-15(9-14-25)24-11-1-2-12-24;;/h3-7,10,15H,1-2,8-9,11-14H2,(H2,21,22);2*1H. The van der Waals surface area contributed by atoms with Crippen molar-refractivity contribution in [3.63, 3.8) is 0 Å². The van der Waals surface area contributed by atoms with Crippen LogP contribution < -0.4 is 10.6 Å². The number of nitrogens with two attached hydrogens (primary N) is 1. The number of pyridine rings is 2. The van der Waals surface area contributed by atoms with Crippen molar-refractivity contribution in [2.24, 2.45) is 0 Å². The highest BCUT2D eigenvalue weighted by molar-refractivity contribution is 6.10. The maximum Gasteiger partial charge on any atom is 0.215 e. The fourth-order valence-electron chi connectivity index (χ4n) is 4.04. The number of ketones is 1. The summed E-state index contributed by atoms with van der Waals surface area (Å²) >= 11 is 0.